The van der Waals surface area contributed by atoms with Gasteiger partial charge in [0.05, 0.1) is 0 Å². The summed E-state index contributed by atoms with van der Waals surface area (Å²) >= 11 is 0. The number of rotatable bonds is 0. The van der Waals surface area contributed by atoms with Gasteiger partial charge in [0.25, 0.3) is 0 Å². The van der Waals surface area contributed by atoms with E-state index >= 15 is 0 Å². The zero-order valence-electron chi connectivity index (χ0n) is 3.48. The Hall–Kier alpha value is 2.35. The molecule has 0 saturated carbocycles. The first-order valence-corrected chi connectivity index (χ1v) is 19.9. The monoisotopic (exact) mass is 439 g/mol. The van der Waals surface area contributed by atoms with Crippen molar-refractivity contribution in [3.63, 3.8) is 0 Å². The molecule has 0 fully saturated rings. The standard InChI is InChI=1S/6ClH.2H2O.Pt/h6*1H;2*1H2;/q;;;;;;;;+8/p-8. The molecule has 0 aliphatic rings. The summed E-state index contributed by atoms with van der Waals surface area (Å²) < 4.78 is 17.4. The molecule has 0 aliphatic heterocycles. The van der Waals surface area contributed by atoms with Crippen LogP contribution in [-0.4, -0.2) is 7.52 Å². The quantitative estimate of drug-likeness (QED) is 0.607. The van der Waals surface area contributed by atoms with Crippen LogP contribution in [0.15, 0.2) is 0 Å². The maximum absolute atomic E-state index is 8.69. The first kappa shape index (κ1) is 11.3. The van der Waals surface area contributed by atoms with Crippen LogP contribution in [0.1, 0.15) is 0 Å². The van der Waals surface area contributed by atoms with Gasteiger partial charge in [-0.2, -0.15) is 0 Å². The molecule has 66 valence electrons. The van der Waals surface area contributed by atoms with E-state index in [0.717, 1.165) is 0 Å². The van der Waals surface area contributed by atoms with E-state index in [1.807, 2.05) is 0 Å². The molecule has 0 rings (SSSR count). The molecule has 9 heavy (non-hydrogen) atoms. The molecule has 0 aromatic heterocycles. The van der Waals surface area contributed by atoms with Gasteiger partial charge in [0.1, 0.15) is 0 Å². The Morgan fingerprint density at radius 1 is 0.667 bits per heavy atom. The molecule has 0 unspecified atom stereocenters. The minimum absolute atomic E-state index is 4.65. The van der Waals surface area contributed by atoms with Crippen LogP contribution < -0.4 is 0 Å². The fraction of sp³-hybridized carbons (Fsp3) is 0. The first-order chi connectivity index (χ1) is 2.83. The van der Waals surface area contributed by atoms with E-state index in [-0.39, 0.29) is 0 Å². The number of hydrogen-bond acceptors (Lipinski definition) is 2. The van der Waals surface area contributed by atoms with Gasteiger partial charge in [-0.05, 0) is 0 Å². The van der Waals surface area contributed by atoms with Gasteiger partial charge in [-0.15, -0.1) is 0 Å². The summed E-state index contributed by atoms with van der Waals surface area (Å²) in [5, 5.41) is 0. The summed E-state index contributed by atoms with van der Waals surface area (Å²) in [6.45, 7) is 0. The number of hydrogen-bond donors (Lipinski definition) is 2. The van der Waals surface area contributed by atoms with Crippen molar-refractivity contribution in [2.45, 2.75) is 0 Å². The van der Waals surface area contributed by atoms with E-state index in [2.05, 4.69) is 56.5 Å². The Balaban J connectivity index is 5.84. The van der Waals surface area contributed by atoms with E-state index < -0.39 is 5.57 Å². The van der Waals surface area contributed by atoms with Gasteiger partial charge in [-0.1, -0.05) is 0 Å². The third kappa shape index (κ3) is 131. The summed E-state index contributed by atoms with van der Waals surface area (Å²) in [7, 11) is 27.9. The Kier molecular flexibility index (Phi) is 1.24. The summed E-state index contributed by atoms with van der Waals surface area (Å²) in [5.41, 5.74) is -8.37. The van der Waals surface area contributed by atoms with Crippen LogP contribution in [0.25, 0.3) is 0 Å². The SMILES string of the molecule is [OH][Pt]([OH])([Cl])([Cl])([Cl])([Cl])([Cl])[Cl]. The van der Waals surface area contributed by atoms with E-state index in [9.17, 15) is 0 Å². The molecular weight excluding hydrogens is 440 g/mol. The molecule has 0 bridgehead atoms. The van der Waals surface area contributed by atoms with Crippen molar-refractivity contribution in [2.75, 3.05) is 0 Å². The Morgan fingerprint density at radius 2 is 0.667 bits per heavy atom. The van der Waals surface area contributed by atoms with Gasteiger partial charge >= 0.3 is 69.6 Å². The second kappa shape index (κ2) is 0.982. The average Bonchev–Trinajstić information content (AvgIpc) is 0.503. The maximum atomic E-state index is 8.69. The van der Waals surface area contributed by atoms with E-state index in [1.54, 1.807) is 0 Å². The van der Waals surface area contributed by atoms with Crippen molar-refractivity contribution in [2.24, 2.45) is 0 Å². The molecule has 0 spiro atoms. The summed E-state index contributed by atoms with van der Waals surface area (Å²) in [5.74, 6) is 0. The predicted molar refractivity (Wildman–Crippen MR) is 39.6 cm³/mol. The summed E-state index contributed by atoms with van der Waals surface area (Å²) in [4.78, 5) is 0. The molecule has 2 nitrogen and oxygen atoms in total. The average molecular weight is 442 g/mol. The van der Waals surface area contributed by atoms with Crippen LogP contribution in [0, 0.1) is 0 Å². The molecular formula is H2Cl6O2Pt. The van der Waals surface area contributed by atoms with Crippen molar-refractivity contribution in [1.82, 2.24) is 0 Å². The van der Waals surface area contributed by atoms with Gasteiger partial charge in [-0.3, -0.25) is 0 Å². The Morgan fingerprint density at radius 3 is 0.667 bits per heavy atom. The first-order valence-electron chi connectivity index (χ1n) is 1.000. The van der Waals surface area contributed by atoms with E-state index in [0.29, 0.717) is 0 Å². The zero-order chi connectivity index (χ0) is 8.35. The molecule has 0 saturated heterocycles. The van der Waals surface area contributed by atoms with Crippen molar-refractivity contribution in [3.8, 4) is 0 Å². The van der Waals surface area contributed by atoms with Crippen molar-refractivity contribution >= 4 is 56.5 Å². The molecule has 0 aromatic rings. The van der Waals surface area contributed by atoms with Crippen molar-refractivity contribution in [3.05, 3.63) is 0 Å². The molecule has 9 heteroatoms. The van der Waals surface area contributed by atoms with Crippen molar-refractivity contribution < 1.29 is 13.1 Å². The van der Waals surface area contributed by atoms with Gasteiger partial charge in [0.2, 0.25) is 0 Å². The summed E-state index contributed by atoms with van der Waals surface area (Å²) in [6, 6.07) is 0. The predicted octanol–water partition coefficient (Wildman–Crippen LogP) is 3.02. The van der Waals surface area contributed by atoms with Crippen LogP contribution in [-0.2, 0) is 5.57 Å². The van der Waals surface area contributed by atoms with Gasteiger partial charge in [0, 0.05) is 0 Å². The molecule has 0 aromatic carbocycles. The minimum atomic E-state index is -8.37. The molecule has 0 atom stereocenters. The zero-order valence-corrected chi connectivity index (χ0v) is 10.3. The molecule has 0 amide bonds. The normalized spacial score (nSPS) is 31.1. The topological polar surface area (TPSA) is 40.5 Å². The van der Waals surface area contributed by atoms with E-state index in [1.165, 1.54) is 0 Å². The van der Waals surface area contributed by atoms with Crippen LogP contribution in [0.3, 0.4) is 0 Å². The Labute approximate surface area is 68.8 Å². The molecule has 2 N–H and O–H groups in total. The van der Waals surface area contributed by atoms with E-state index in [4.69, 9.17) is 7.52 Å². The molecule has 0 radical (unpaired) electrons. The third-order valence-corrected chi connectivity index (χ3v) is 0. The van der Waals surface area contributed by atoms with Crippen LogP contribution in [0.4, 0.5) is 0 Å². The second-order valence-electron chi connectivity index (χ2n) is 1.38. The van der Waals surface area contributed by atoms with Crippen molar-refractivity contribution in [1.29, 1.82) is 0 Å². The molecule has 0 heterocycles. The van der Waals surface area contributed by atoms with Crippen LogP contribution in [0.2, 0.25) is 0 Å². The second-order valence-corrected chi connectivity index (χ2v) is 66.2. The Bertz CT molecular complexity index is 146. The van der Waals surface area contributed by atoms with Gasteiger partial charge in [-0.25, -0.2) is 0 Å². The summed E-state index contributed by atoms with van der Waals surface area (Å²) in [6.07, 6.45) is 0. The molecule has 0 aliphatic carbocycles. The van der Waals surface area contributed by atoms with Gasteiger partial charge < -0.3 is 0 Å². The third-order valence-electron chi connectivity index (χ3n) is 0. The van der Waals surface area contributed by atoms with Crippen LogP contribution >= 0.6 is 56.5 Å². The van der Waals surface area contributed by atoms with Crippen LogP contribution in [0.5, 0.6) is 0 Å². The van der Waals surface area contributed by atoms with Gasteiger partial charge in [0.15, 0.2) is 0 Å². The fourth-order valence-electron chi connectivity index (χ4n) is 0. The fourth-order valence-corrected chi connectivity index (χ4v) is 0. The number of halogens is 6.